The number of aromatic nitrogens is 6. The molecule has 468 valence electrons. The van der Waals surface area contributed by atoms with Gasteiger partial charge in [-0.2, -0.15) is 0 Å². The molecule has 3 aliphatic rings. The largest absolute Gasteiger partial charge is 0.493 e. The van der Waals surface area contributed by atoms with E-state index in [1.165, 1.54) is 16.7 Å². The molecule has 3 aliphatic heterocycles. The summed E-state index contributed by atoms with van der Waals surface area (Å²) < 4.78 is 43.1. The summed E-state index contributed by atoms with van der Waals surface area (Å²) in [7, 11) is 15.1. The van der Waals surface area contributed by atoms with Gasteiger partial charge >= 0.3 is 17.1 Å². The van der Waals surface area contributed by atoms with Gasteiger partial charge in [0.25, 0.3) is 0 Å². The molecule has 90 heavy (non-hydrogen) atoms. The normalized spacial score (nSPS) is 13.1. The van der Waals surface area contributed by atoms with E-state index < -0.39 is 0 Å². The predicted molar refractivity (Wildman–Crippen MR) is 353 cm³/mol. The molecule has 0 bridgehead atoms. The Labute approximate surface area is 524 Å². The summed E-state index contributed by atoms with van der Waals surface area (Å²) in [4.78, 5) is 54.1. The number of fused-ring (bicyclic) bond motifs is 9. The number of hydrogen-bond acceptors (Lipinski definition) is 12. The van der Waals surface area contributed by atoms with E-state index in [-0.39, 0.29) is 17.1 Å². The third-order valence-electron chi connectivity index (χ3n) is 17.3. The zero-order valence-corrected chi connectivity index (χ0v) is 55.1. The van der Waals surface area contributed by atoms with Crippen molar-refractivity contribution in [2.75, 3.05) is 42.7 Å². The van der Waals surface area contributed by atoms with Crippen LogP contribution in [-0.2, 0) is 60.0 Å². The first-order valence-corrected chi connectivity index (χ1v) is 30.1. The number of benzene rings is 6. The van der Waals surface area contributed by atoms with Crippen LogP contribution < -0.4 is 62.0 Å². The van der Waals surface area contributed by atoms with Gasteiger partial charge < -0.3 is 28.4 Å². The third-order valence-corrected chi connectivity index (χ3v) is 17.3. The standard InChI is InChI=1S/3C24H27N3O3/c3*1-14-9-15(2)23(16(3)10-14)25-22-13-19-18-12-21(30-6)20(29-5)11-17(18)7-8-27(19)24(28)26(22)4/h3*9-13H,7-8H2,1-6H3. The van der Waals surface area contributed by atoms with Crippen LogP contribution in [0.2, 0.25) is 0 Å². The van der Waals surface area contributed by atoms with Gasteiger partial charge in [0.1, 0.15) is 16.5 Å². The van der Waals surface area contributed by atoms with Gasteiger partial charge in [0.05, 0.1) is 76.8 Å². The van der Waals surface area contributed by atoms with Crippen molar-refractivity contribution in [2.24, 2.45) is 36.1 Å². The summed E-state index contributed by atoms with van der Waals surface area (Å²) in [5.74, 6) is 4.04. The van der Waals surface area contributed by atoms with Gasteiger partial charge in [0, 0.05) is 75.7 Å². The maximum absolute atomic E-state index is 13.1. The van der Waals surface area contributed by atoms with Crippen molar-refractivity contribution in [1.82, 2.24) is 27.4 Å². The highest BCUT2D eigenvalue weighted by Crippen LogP contribution is 2.41. The smallest absolute Gasteiger partial charge is 0.329 e. The predicted octanol–water partition coefficient (Wildman–Crippen LogP) is 10.8. The average molecular weight is 1220 g/mol. The van der Waals surface area contributed by atoms with Crippen LogP contribution in [0.4, 0.5) is 17.1 Å². The Bertz CT molecular complexity index is 4250. The molecule has 0 saturated heterocycles. The first kappa shape index (κ1) is 63.2. The summed E-state index contributed by atoms with van der Waals surface area (Å²) in [5.41, 5.74) is 23.4. The Kier molecular flexibility index (Phi) is 18.0. The summed E-state index contributed by atoms with van der Waals surface area (Å²) in [5, 5.41) is 0. The van der Waals surface area contributed by atoms with Crippen molar-refractivity contribution in [3.8, 4) is 68.3 Å². The molecule has 6 heterocycles. The van der Waals surface area contributed by atoms with Crippen molar-refractivity contribution in [2.45, 2.75) is 101 Å². The fourth-order valence-electron chi connectivity index (χ4n) is 12.9. The minimum absolute atomic E-state index is 0.0749. The molecule has 0 amide bonds. The van der Waals surface area contributed by atoms with Gasteiger partial charge in [-0.3, -0.25) is 27.4 Å². The van der Waals surface area contributed by atoms with E-state index in [2.05, 4.69) is 98.7 Å². The molecule has 18 nitrogen and oxygen atoms in total. The van der Waals surface area contributed by atoms with Crippen LogP contribution in [0.5, 0.6) is 34.5 Å². The van der Waals surface area contributed by atoms with E-state index in [1.54, 1.807) is 77.5 Å². The molecule has 6 aromatic carbocycles. The molecule has 0 N–H and O–H groups in total. The maximum Gasteiger partial charge on any atom is 0.329 e. The first-order valence-electron chi connectivity index (χ1n) is 30.1. The van der Waals surface area contributed by atoms with Crippen LogP contribution in [0.3, 0.4) is 0 Å². The monoisotopic (exact) mass is 1220 g/mol. The maximum atomic E-state index is 13.1. The summed E-state index contributed by atoms with van der Waals surface area (Å²) in [6.45, 7) is 20.4. The summed E-state index contributed by atoms with van der Waals surface area (Å²) >= 11 is 0. The highest BCUT2D eigenvalue weighted by atomic mass is 16.5. The van der Waals surface area contributed by atoms with E-state index in [0.29, 0.717) is 70.6 Å². The third kappa shape index (κ3) is 12.0. The second kappa shape index (κ2) is 25.7. The van der Waals surface area contributed by atoms with Gasteiger partial charge in [-0.25, -0.2) is 29.4 Å². The van der Waals surface area contributed by atoms with Crippen LogP contribution in [0, 0.1) is 62.3 Å². The Morgan fingerprint density at radius 2 is 0.522 bits per heavy atom. The van der Waals surface area contributed by atoms with Gasteiger partial charge in [0.2, 0.25) is 0 Å². The van der Waals surface area contributed by atoms with Crippen molar-refractivity contribution < 1.29 is 28.4 Å². The molecular weight excluding hydrogens is 1130 g/mol. The zero-order valence-electron chi connectivity index (χ0n) is 55.1. The molecular formula is C72H81N9O9. The van der Waals surface area contributed by atoms with E-state index >= 15 is 0 Å². The van der Waals surface area contributed by atoms with Crippen LogP contribution in [0.15, 0.2) is 120 Å². The fraction of sp³-hybridized carbons (Fsp3) is 0.333. The van der Waals surface area contributed by atoms with E-state index in [4.69, 9.17) is 43.4 Å². The highest BCUT2D eigenvalue weighted by Gasteiger charge is 2.26. The number of nitrogens with zero attached hydrogens (tertiary/aromatic N) is 9. The minimum Gasteiger partial charge on any atom is -0.493 e. The number of ether oxygens (including phenoxy) is 6. The molecule has 0 atom stereocenters. The van der Waals surface area contributed by atoms with Gasteiger partial charge in [0.15, 0.2) is 34.5 Å². The lowest BCUT2D eigenvalue weighted by atomic mass is 9.97. The van der Waals surface area contributed by atoms with Crippen LogP contribution in [0.1, 0.15) is 66.8 Å². The van der Waals surface area contributed by atoms with Crippen molar-refractivity contribution >= 4 is 17.1 Å². The van der Waals surface area contributed by atoms with Crippen molar-refractivity contribution in [3.63, 3.8) is 0 Å². The van der Waals surface area contributed by atoms with Crippen molar-refractivity contribution in [3.05, 3.63) is 206 Å². The molecule has 12 rings (SSSR count). The minimum atomic E-state index is -0.0749. The van der Waals surface area contributed by atoms with E-state index in [0.717, 1.165) is 120 Å². The molecule has 9 aromatic rings. The second-order valence-electron chi connectivity index (χ2n) is 23.6. The molecule has 0 unspecified atom stereocenters. The SMILES string of the molecule is COc1cc2c(cc1OC)-c1cc(=Nc3c(C)cc(C)cc3C)n(C)c(=O)n1CC2.COc1cc2c(cc1OC)-c1cc(=Nc3c(C)cc(C)cc3C)n(C)c(=O)n1CC2.COc1cc2c(cc1OC)-c1cc(=Nc3c(C)cc(C)cc3C)n(C)c(=O)n1CC2. The molecule has 3 aromatic heterocycles. The lowest BCUT2D eigenvalue weighted by molar-refractivity contribution is 0.354. The molecule has 0 aliphatic carbocycles. The van der Waals surface area contributed by atoms with Crippen LogP contribution in [-0.4, -0.2) is 70.1 Å². The Balaban J connectivity index is 0.000000148. The molecule has 0 spiro atoms. The quantitative estimate of drug-likeness (QED) is 0.136. The van der Waals surface area contributed by atoms with Crippen molar-refractivity contribution in [1.29, 1.82) is 0 Å². The number of aryl methyl sites for hydroxylation is 12. The first-order chi connectivity index (χ1) is 43.0. The second-order valence-corrected chi connectivity index (χ2v) is 23.6. The number of methoxy groups -OCH3 is 6. The van der Waals surface area contributed by atoms with Gasteiger partial charge in [-0.15, -0.1) is 0 Å². The molecule has 0 radical (unpaired) electrons. The number of rotatable bonds is 9. The van der Waals surface area contributed by atoms with Gasteiger partial charge in [-0.1, -0.05) is 53.1 Å². The van der Waals surface area contributed by atoms with Gasteiger partial charge in [-0.05, 0) is 168 Å². The Morgan fingerprint density at radius 1 is 0.311 bits per heavy atom. The van der Waals surface area contributed by atoms with Crippen LogP contribution in [0.25, 0.3) is 33.8 Å². The average Bonchev–Trinajstić information content (AvgIpc) is 0.780. The topological polar surface area (TPSA) is 173 Å². The molecule has 18 heteroatoms. The summed E-state index contributed by atoms with van der Waals surface area (Å²) in [6.07, 6.45) is 2.28. The Morgan fingerprint density at radius 3 is 0.733 bits per heavy atom. The Hall–Kier alpha value is -9.84. The highest BCUT2D eigenvalue weighted by molar-refractivity contribution is 5.73. The van der Waals surface area contributed by atoms with E-state index in [9.17, 15) is 14.4 Å². The summed E-state index contributed by atoms with van der Waals surface area (Å²) in [6, 6.07) is 30.5. The van der Waals surface area contributed by atoms with E-state index in [1.807, 2.05) is 68.3 Å². The number of hydrogen-bond donors (Lipinski definition) is 0. The lowest BCUT2D eigenvalue weighted by Gasteiger charge is -2.24. The molecule has 0 saturated carbocycles. The fourth-order valence-corrected chi connectivity index (χ4v) is 12.9. The van der Waals surface area contributed by atoms with Crippen LogP contribution >= 0.6 is 0 Å². The zero-order chi connectivity index (χ0) is 64.7. The molecule has 0 fully saturated rings. The lowest BCUT2D eigenvalue weighted by Crippen LogP contribution is -2.40.